The molecular weight excluding hydrogens is 384 g/mol. The maximum atomic E-state index is 10.2. The van der Waals surface area contributed by atoms with Gasteiger partial charge in [-0.1, -0.05) is 43.3 Å². The van der Waals surface area contributed by atoms with Crippen LogP contribution < -0.4 is 9.47 Å². The molecule has 31 heavy (non-hydrogen) atoms. The van der Waals surface area contributed by atoms with E-state index in [1.54, 1.807) is 0 Å². The van der Waals surface area contributed by atoms with Gasteiger partial charge in [-0.25, -0.2) is 0 Å². The highest BCUT2D eigenvalue weighted by Crippen LogP contribution is 2.48. The summed E-state index contributed by atoms with van der Waals surface area (Å²) in [5.41, 5.74) is 2.17. The van der Waals surface area contributed by atoms with E-state index in [2.05, 4.69) is 54.3 Å². The predicted octanol–water partition coefficient (Wildman–Crippen LogP) is 5.18. The average Bonchev–Trinajstić information content (AvgIpc) is 3.37. The molecule has 3 aliphatic rings. The first kappa shape index (κ1) is 20.4. The van der Waals surface area contributed by atoms with Gasteiger partial charge in [0.25, 0.3) is 0 Å². The van der Waals surface area contributed by atoms with Crippen molar-refractivity contribution in [3.63, 3.8) is 0 Å². The van der Waals surface area contributed by atoms with Crippen LogP contribution in [-0.4, -0.2) is 31.3 Å². The normalized spacial score (nSPS) is 26.4. The first-order valence-electron chi connectivity index (χ1n) is 11.8. The number of nitriles is 1. The van der Waals surface area contributed by atoms with Crippen LogP contribution in [0.1, 0.15) is 43.7 Å². The summed E-state index contributed by atoms with van der Waals surface area (Å²) < 4.78 is 11.0. The second-order valence-electron chi connectivity index (χ2n) is 9.58. The second-order valence-corrected chi connectivity index (χ2v) is 9.58. The Balaban J connectivity index is 1.23. The third kappa shape index (κ3) is 3.92. The van der Waals surface area contributed by atoms with E-state index in [-0.39, 0.29) is 5.41 Å². The molecule has 2 bridgehead atoms. The van der Waals surface area contributed by atoms with E-state index < -0.39 is 0 Å². The number of nitrogens with zero attached hydrogens (tertiary/aromatic N) is 2. The van der Waals surface area contributed by atoms with Gasteiger partial charge in [-0.05, 0) is 73.1 Å². The van der Waals surface area contributed by atoms with Crippen LogP contribution in [0.25, 0.3) is 0 Å². The molecule has 3 atom stereocenters. The third-order valence-electron chi connectivity index (χ3n) is 7.99. The highest BCUT2D eigenvalue weighted by Gasteiger charge is 2.46. The van der Waals surface area contributed by atoms with Crippen molar-refractivity contribution >= 4 is 0 Å². The fourth-order valence-electron chi connectivity index (χ4n) is 6.15. The summed E-state index contributed by atoms with van der Waals surface area (Å²) in [6.45, 7) is 5.95. The van der Waals surface area contributed by atoms with Crippen molar-refractivity contribution in [1.29, 1.82) is 5.26 Å². The average molecular weight is 417 g/mol. The first-order valence-corrected chi connectivity index (χ1v) is 11.8. The predicted molar refractivity (Wildman–Crippen MR) is 121 cm³/mol. The van der Waals surface area contributed by atoms with Gasteiger partial charge in [0, 0.05) is 19.6 Å². The van der Waals surface area contributed by atoms with Gasteiger partial charge in [-0.3, -0.25) is 0 Å². The summed E-state index contributed by atoms with van der Waals surface area (Å²) in [4.78, 5) is 2.66. The fraction of sp³-hybridized carbons (Fsp3) is 0.519. The van der Waals surface area contributed by atoms with Crippen molar-refractivity contribution in [1.82, 2.24) is 4.90 Å². The summed E-state index contributed by atoms with van der Waals surface area (Å²) in [5, 5.41) is 10.2. The van der Waals surface area contributed by atoms with Crippen LogP contribution in [0.4, 0.5) is 0 Å². The van der Waals surface area contributed by atoms with Gasteiger partial charge in [-0.2, -0.15) is 5.26 Å². The van der Waals surface area contributed by atoms with Crippen LogP contribution in [0, 0.1) is 29.1 Å². The van der Waals surface area contributed by atoms with Crippen LogP contribution >= 0.6 is 0 Å². The minimum atomic E-state index is -0.346. The number of ether oxygens (including phenoxy) is 2. The molecule has 162 valence electrons. The van der Waals surface area contributed by atoms with Crippen LogP contribution in [-0.2, 0) is 11.8 Å². The minimum absolute atomic E-state index is 0.334. The lowest BCUT2D eigenvalue weighted by atomic mass is 9.68. The van der Waals surface area contributed by atoms with Crippen LogP contribution in [0.2, 0.25) is 0 Å². The maximum Gasteiger partial charge on any atom is 0.231 e. The number of hydrogen-bond donors (Lipinski definition) is 0. The molecule has 2 fully saturated rings. The monoisotopic (exact) mass is 416 g/mol. The smallest absolute Gasteiger partial charge is 0.231 e. The van der Waals surface area contributed by atoms with E-state index in [1.165, 1.54) is 37.1 Å². The van der Waals surface area contributed by atoms with Crippen molar-refractivity contribution in [2.75, 3.05) is 26.4 Å². The Morgan fingerprint density at radius 2 is 1.77 bits per heavy atom. The molecule has 2 heterocycles. The van der Waals surface area contributed by atoms with Crippen molar-refractivity contribution < 1.29 is 9.47 Å². The fourth-order valence-corrected chi connectivity index (χ4v) is 6.15. The number of fused-ring (bicyclic) bond motifs is 3. The topological polar surface area (TPSA) is 45.5 Å². The zero-order chi connectivity index (χ0) is 21.3. The SMILES string of the molecule is CCC(C#N)(CC1C2CCC1CN(CCc1ccc3c(c1)OCO3)C2)c1ccccc1. The first-order chi connectivity index (χ1) is 15.2. The van der Waals surface area contributed by atoms with Gasteiger partial charge in [0.1, 0.15) is 0 Å². The molecule has 2 aliphatic heterocycles. The summed E-state index contributed by atoms with van der Waals surface area (Å²) in [7, 11) is 0. The van der Waals surface area contributed by atoms with Crippen molar-refractivity contribution in [3.05, 3.63) is 59.7 Å². The van der Waals surface area contributed by atoms with Gasteiger partial charge >= 0.3 is 0 Å². The Morgan fingerprint density at radius 1 is 1.03 bits per heavy atom. The van der Waals surface area contributed by atoms with Crippen molar-refractivity contribution in [3.8, 4) is 17.6 Å². The molecule has 2 aromatic rings. The summed E-state index contributed by atoms with van der Waals surface area (Å²) >= 11 is 0. The van der Waals surface area contributed by atoms with E-state index in [1.807, 2.05) is 12.1 Å². The molecule has 0 radical (unpaired) electrons. The molecule has 5 rings (SSSR count). The number of rotatable bonds is 7. The molecule has 4 nitrogen and oxygen atoms in total. The number of piperidine rings is 1. The Labute approximate surface area is 185 Å². The largest absolute Gasteiger partial charge is 0.454 e. The summed E-state index contributed by atoms with van der Waals surface area (Å²) in [6, 6.07) is 19.6. The lowest BCUT2D eigenvalue weighted by Crippen LogP contribution is -2.44. The molecule has 4 heteroatoms. The highest BCUT2D eigenvalue weighted by molar-refractivity contribution is 5.44. The molecule has 3 unspecified atom stereocenters. The molecule has 1 saturated heterocycles. The molecule has 1 aliphatic carbocycles. The lowest BCUT2D eigenvalue weighted by Gasteiger charge is -2.41. The molecule has 0 aromatic heterocycles. The lowest BCUT2D eigenvalue weighted by molar-refractivity contribution is 0.0931. The second kappa shape index (κ2) is 8.55. The summed E-state index contributed by atoms with van der Waals surface area (Å²) in [5.74, 6) is 3.85. The molecule has 1 saturated carbocycles. The van der Waals surface area contributed by atoms with Gasteiger partial charge < -0.3 is 14.4 Å². The zero-order valence-electron chi connectivity index (χ0n) is 18.4. The van der Waals surface area contributed by atoms with Crippen LogP contribution in [0.3, 0.4) is 0 Å². The van der Waals surface area contributed by atoms with E-state index in [4.69, 9.17) is 9.47 Å². The molecule has 2 aromatic carbocycles. The van der Waals surface area contributed by atoms with Crippen molar-refractivity contribution in [2.45, 2.75) is 44.4 Å². The molecule has 0 N–H and O–H groups in total. The van der Waals surface area contributed by atoms with Crippen molar-refractivity contribution in [2.24, 2.45) is 17.8 Å². The van der Waals surface area contributed by atoms with E-state index >= 15 is 0 Å². The number of likely N-dealkylation sites (tertiary alicyclic amines) is 1. The molecule has 0 amide bonds. The third-order valence-corrected chi connectivity index (χ3v) is 7.99. The van der Waals surface area contributed by atoms with E-state index in [0.717, 1.165) is 49.1 Å². The number of hydrogen-bond acceptors (Lipinski definition) is 4. The number of benzene rings is 2. The Morgan fingerprint density at radius 3 is 2.48 bits per heavy atom. The maximum absolute atomic E-state index is 10.2. The Kier molecular flexibility index (Phi) is 5.63. The van der Waals surface area contributed by atoms with E-state index in [0.29, 0.717) is 12.7 Å². The van der Waals surface area contributed by atoms with Gasteiger partial charge in [-0.15, -0.1) is 0 Å². The minimum Gasteiger partial charge on any atom is -0.454 e. The Hall–Kier alpha value is -2.51. The quantitative estimate of drug-likeness (QED) is 0.624. The molecule has 0 spiro atoms. The van der Waals surface area contributed by atoms with Crippen LogP contribution in [0.15, 0.2) is 48.5 Å². The van der Waals surface area contributed by atoms with Gasteiger partial charge in [0.2, 0.25) is 6.79 Å². The summed E-state index contributed by atoms with van der Waals surface area (Å²) in [6.07, 6.45) is 5.57. The zero-order valence-corrected chi connectivity index (χ0v) is 18.4. The Bertz CT molecular complexity index is 939. The van der Waals surface area contributed by atoms with Gasteiger partial charge in [0.15, 0.2) is 11.5 Å². The van der Waals surface area contributed by atoms with Crippen LogP contribution in [0.5, 0.6) is 11.5 Å². The standard InChI is InChI=1S/C27H32N2O2/c1-2-27(18-28,23-6-4-3-5-7-23)15-24-21-9-10-22(24)17-29(16-21)13-12-20-8-11-25-26(14-20)31-19-30-25/h3-8,11,14,21-22,24H,2,9-10,12-13,15-17,19H2,1H3. The van der Waals surface area contributed by atoms with Gasteiger partial charge in [0.05, 0.1) is 11.5 Å². The highest BCUT2D eigenvalue weighted by atomic mass is 16.7. The molecular formula is C27H32N2O2. The van der Waals surface area contributed by atoms with E-state index in [9.17, 15) is 5.26 Å².